The van der Waals surface area contributed by atoms with Gasteiger partial charge in [-0.1, -0.05) is 24.3 Å². The normalized spacial score (nSPS) is 28.0. The molecule has 5 nitrogen and oxygen atoms in total. The molecule has 2 saturated heterocycles. The van der Waals surface area contributed by atoms with E-state index in [0.717, 1.165) is 19.4 Å². The van der Waals surface area contributed by atoms with Crippen molar-refractivity contribution in [3.8, 4) is 0 Å². The zero-order valence-corrected chi connectivity index (χ0v) is 14.9. The van der Waals surface area contributed by atoms with Crippen molar-refractivity contribution in [3.05, 3.63) is 35.4 Å². The second kappa shape index (κ2) is 7.34. The van der Waals surface area contributed by atoms with Crippen molar-refractivity contribution in [1.29, 1.82) is 0 Å². The van der Waals surface area contributed by atoms with Crippen LogP contribution in [0.4, 0.5) is 4.79 Å². The van der Waals surface area contributed by atoms with Crippen LogP contribution in [0.1, 0.15) is 42.9 Å². The highest BCUT2D eigenvalue weighted by atomic mass is 16.5. The molecule has 0 bridgehead atoms. The van der Waals surface area contributed by atoms with Crippen molar-refractivity contribution in [2.45, 2.75) is 50.9 Å². The number of benzene rings is 1. The van der Waals surface area contributed by atoms with E-state index in [1.165, 1.54) is 24.0 Å². The van der Waals surface area contributed by atoms with Crippen LogP contribution >= 0.6 is 0 Å². The summed E-state index contributed by atoms with van der Waals surface area (Å²) >= 11 is 0. The largest absolute Gasteiger partial charge is 0.375 e. The third kappa shape index (κ3) is 3.82. The molecule has 4 rings (SSSR count). The van der Waals surface area contributed by atoms with Gasteiger partial charge in [-0.15, -0.1) is 0 Å². The van der Waals surface area contributed by atoms with Crippen molar-refractivity contribution in [2.75, 3.05) is 26.3 Å². The van der Waals surface area contributed by atoms with Crippen molar-refractivity contribution in [3.63, 3.8) is 0 Å². The minimum atomic E-state index is 0.0137. The number of hydrogen-bond donors (Lipinski definition) is 1. The van der Waals surface area contributed by atoms with Crippen LogP contribution in [0.5, 0.6) is 0 Å². The zero-order chi connectivity index (χ0) is 17.2. The van der Waals surface area contributed by atoms with Gasteiger partial charge < -0.3 is 19.7 Å². The summed E-state index contributed by atoms with van der Waals surface area (Å²) in [5.74, 6) is 0.569. The summed E-state index contributed by atoms with van der Waals surface area (Å²) in [7, 11) is 0. The van der Waals surface area contributed by atoms with Gasteiger partial charge in [0, 0.05) is 13.2 Å². The van der Waals surface area contributed by atoms with Crippen molar-refractivity contribution >= 4 is 6.03 Å². The third-order valence-corrected chi connectivity index (χ3v) is 5.66. The van der Waals surface area contributed by atoms with Gasteiger partial charge in [0.05, 0.1) is 25.3 Å². The summed E-state index contributed by atoms with van der Waals surface area (Å²) in [6.45, 7) is 4.81. The molecule has 136 valence electrons. The van der Waals surface area contributed by atoms with Gasteiger partial charge in [-0.05, 0) is 49.7 Å². The summed E-state index contributed by atoms with van der Waals surface area (Å²) in [6.07, 6.45) is 4.68. The Morgan fingerprint density at radius 1 is 1.16 bits per heavy atom. The van der Waals surface area contributed by atoms with Gasteiger partial charge >= 0.3 is 6.03 Å². The number of amides is 2. The monoisotopic (exact) mass is 344 g/mol. The Balaban J connectivity index is 1.42. The highest BCUT2D eigenvalue weighted by Crippen LogP contribution is 2.42. The topological polar surface area (TPSA) is 50.8 Å². The lowest BCUT2D eigenvalue weighted by Gasteiger charge is -2.36. The van der Waals surface area contributed by atoms with E-state index in [1.54, 1.807) is 0 Å². The van der Waals surface area contributed by atoms with Crippen LogP contribution in [0.2, 0.25) is 0 Å². The molecule has 2 amide bonds. The molecule has 0 unspecified atom stereocenters. The molecule has 2 aliphatic heterocycles. The molecule has 5 heteroatoms. The maximum absolute atomic E-state index is 12.9. The maximum atomic E-state index is 12.9. The second-order valence-corrected chi connectivity index (χ2v) is 7.53. The van der Waals surface area contributed by atoms with Gasteiger partial charge in [0.15, 0.2) is 0 Å². The molecule has 1 N–H and O–H groups in total. The Kier molecular flexibility index (Phi) is 4.95. The quantitative estimate of drug-likeness (QED) is 0.913. The Morgan fingerprint density at radius 2 is 1.96 bits per heavy atom. The maximum Gasteiger partial charge on any atom is 0.318 e. The molecular weight excluding hydrogens is 316 g/mol. The van der Waals surface area contributed by atoms with E-state index in [9.17, 15) is 4.79 Å². The fourth-order valence-electron chi connectivity index (χ4n) is 4.02. The molecule has 3 atom stereocenters. The molecule has 1 aromatic carbocycles. The van der Waals surface area contributed by atoms with E-state index < -0.39 is 0 Å². The van der Waals surface area contributed by atoms with Crippen LogP contribution in [0.25, 0.3) is 0 Å². The summed E-state index contributed by atoms with van der Waals surface area (Å²) in [5, 5.41) is 3.31. The predicted octanol–water partition coefficient (Wildman–Crippen LogP) is 3.04. The van der Waals surface area contributed by atoms with Crippen molar-refractivity contribution in [1.82, 2.24) is 10.2 Å². The van der Waals surface area contributed by atoms with Crippen LogP contribution in [0.15, 0.2) is 24.3 Å². The lowest BCUT2D eigenvalue weighted by molar-refractivity contribution is -0.0850. The Labute approximate surface area is 149 Å². The van der Waals surface area contributed by atoms with E-state index in [2.05, 4.69) is 36.5 Å². The first kappa shape index (κ1) is 16.9. The van der Waals surface area contributed by atoms with Gasteiger partial charge in [-0.25, -0.2) is 4.79 Å². The Hall–Kier alpha value is -1.59. The smallest absolute Gasteiger partial charge is 0.318 e. The van der Waals surface area contributed by atoms with Crippen molar-refractivity contribution < 1.29 is 14.3 Å². The van der Waals surface area contributed by atoms with Gasteiger partial charge in [0.25, 0.3) is 0 Å². The first-order valence-electron chi connectivity index (χ1n) is 9.56. The molecule has 3 fully saturated rings. The number of urea groups is 1. The Morgan fingerprint density at radius 3 is 2.68 bits per heavy atom. The Bertz CT molecular complexity index is 611. The molecule has 1 saturated carbocycles. The number of aryl methyl sites for hydroxylation is 1. The molecular formula is C20H28N2O3. The average molecular weight is 344 g/mol. The van der Waals surface area contributed by atoms with Gasteiger partial charge in [-0.3, -0.25) is 0 Å². The minimum absolute atomic E-state index is 0.0137. The molecule has 2 heterocycles. The van der Waals surface area contributed by atoms with Crippen LogP contribution in [-0.4, -0.2) is 49.4 Å². The first-order valence-corrected chi connectivity index (χ1v) is 9.56. The van der Waals surface area contributed by atoms with Gasteiger partial charge in [-0.2, -0.15) is 0 Å². The number of hydrogen-bond acceptors (Lipinski definition) is 3. The highest BCUT2D eigenvalue weighted by molar-refractivity contribution is 5.75. The molecule has 3 aliphatic rings. The SMILES string of the molecule is Cc1ccccc1[C@H](NC(=O)N1CCO[C@H]([C@@H]2CCCO2)C1)C1CC1. The third-order valence-electron chi connectivity index (χ3n) is 5.66. The number of nitrogens with one attached hydrogen (secondary N) is 1. The van der Waals surface area contributed by atoms with Crippen LogP contribution in [0.3, 0.4) is 0 Å². The number of nitrogens with zero attached hydrogens (tertiary/aromatic N) is 1. The number of carbonyl (C=O) groups is 1. The molecule has 1 aromatic rings. The number of carbonyl (C=O) groups excluding carboxylic acids is 1. The summed E-state index contributed by atoms with van der Waals surface area (Å²) < 4.78 is 11.6. The average Bonchev–Trinajstić information content (AvgIpc) is 3.33. The van der Waals surface area contributed by atoms with Gasteiger partial charge in [0.2, 0.25) is 0 Å². The van der Waals surface area contributed by atoms with E-state index in [0.29, 0.717) is 25.6 Å². The van der Waals surface area contributed by atoms with Gasteiger partial charge in [0.1, 0.15) is 6.10 Å². The summed E-state index contributed by atoms with van der Waals surface area (Å²) in [5.41, 5.74) is 2.50. The minimum Gasteiger partial charge on any atom is -0.375 e. The fraction of sp³-hybridized carbons (Fsp3) is 0.650. The second-order valence-electron chi connectivity index (χ2n) is 7.53. The predicted molar refractivity (Wildman–Crippen MR) is 95.5 cm³/mol. The molecule has 0 spiro atoms. The van der Waals surface area contributed by atoms with E-state index in [1.807, 2.05) is 4.90 Å². The number of morpholine rings is 1. The summed E-state index contributed by atoms with van der Waals surface area (Å²) in [6, 6.07) is 8.54. The van der Waals surface area contributed by atoms with E-state index in [4.69, 9.17) is 9.47 Å². The number of rotatable bonds is 4. The zero-order valence-electron chi connectivity index (χ0n) is 14.9. The number of ether oxygens (including phenoxy) is 2. The van der Waals surface area contributed by atoms with Crippen molar-refractivity contribution in [2.24, 2.45) is 5.92 Å². The van der Waals surface area contributed by atoms with Crippen LogP contribution in [0, 0.1) is 12.8 Å². The first-order chi connectivity index (χ1) is 12.2. The highest BCUT2D eigenvalue weighted by Gasteiger charge is 2.37. The molecule has 0 aromatic heterocycles. The molecule has 1 aliphatic carbocycles. The molecule has 25 heavy (non-hydrogen) atoms. The molecule has 0 radical (unpaired) electrons. The lowest BCUT2D eigenvalue weighted by atomic mass is 9.98. The van der Waals surface area contributed by atoms with E-state index in [-0.39, 0.29) is 24.3 Å². The summed E-state index contributed by atoms with van der Waals surface area (Å²) in [4.78, 5) is 14.8. The lowest BCUT2D eigenvalue weighted by Crippen LogP contribution is -2.53. The van der Waals surface area contributed by atoms with Crippen LogP contribution < -0.4 is 5.32 Å². The van der Waals surface area contributed by atoms with E-state index >= 15 is 0 Å². The standard InChI is InChI=1S/C20H28N2O3/c1-14-5-2-3-6-16(14)19(15-8-9-15)21-20(23)22-10-12-25-18(13-22)17-7-4-11-24-17/h2-3,5-6,15,17-19H,4,7-13H2,1H3,(H,21,23)/t17-,18-,19+/m0/s1. The fourth-order valence-corrected chi connectivity index (χ4v) is 4.02. The van der Waals surface area contributed by atoms with Crippen LogP contribution in [-0.2, 0) is 9.47 Å².